The lowest BCUT2D eigenvalue weighted by Crippen LogP contribution is -2.30. The quantitative estimate of drug-likeness (QED) is 0.624. The molecule has 4 heteroatoms. The van der Waals surface area contributed by atoms with Crippen molar-refractivity contribution < 1.29 is 5.11 Å². The van der Waals surface area contributed by atoms with Crippen molar-refractivity contribution in [2.45, 2.75) is 24.2 Å². The van der Waals surface area contributed by atoms with E-state index < -0.39 is 0 Å². The van der Waals surface area contributed by atoms with E-state index in [2.05, 4.69) is 17.0 Å². The lowest BCUT2D eigenvalue weighted by atomic mass is 10.2. The van der Waals surface area contributed by atoms with Gasteiger partial charge in [0.1, 0.15) is 0 Å². The Balaban J connectivity index is 1.98. The number of aliphatic hydroxyl groups is 1. The van der Waals surface area contributed by atoms with E-state index in [4.69, 9.17) is 10.8 Å². The zero-order valence-corrected chi connectivity index (χ0v) is 10.9. The minimum Gasteiger partial charge on any atom is -0.399 e. The molecule has 0 unspecified atom stereocenters. The number of fused-ring (bicyclic) bond motifs is 1. The molecule has 0 saturated heterocycles. The molecule has 1 aliphatic heterocycles. The van der Waals surface area contributed by atoms with Gasteiger partial charge in [-0.3, -0.25) is 0 Å². The van der Waals surface area contributed by atoms with E-state index in [0.29, 0.717) is 6.61 Å². The van der Waals surface area contributed by atoms with Crippen molar-refractivity contribution in [1.82, 2.24) is 0 Å². The Morgan fingerprint density at radius 3 is 3.00 bits per heavy atom. The molecule has 17 heavy (non-hydrogen) atoms. The van der Waals surface area contributed by atoms with E-state index in [1.54, 1.807) is 0 Å². The summed E-state index contributed by atoms with van der Waals surface area (Å²) >= 11 is 1.91. The summed E-state index contributed by atoms with van der Waals surface area (Å²) < 4.78 is 0. The fraction of sp³-hybridized carbons (Fsp3) is 0.538. The number of hydrogen-bond acceptors (Lipinski definition) is 4. The van der Waals surface area contributed by atoms with E-state index in [0.717, 1.165) is 43.8 Å². The average Bonchev–Trinajstić information content (AvgIpc) is 2.35. The number of anilines is 2. The van der Waals surface area contributed by atoms with Crippen molar-refractivity contribution in [2.75, 3.05) is 36.1 Å². The van der Waals surface area contributed by atoms with Gasteiger partial charge in [0.15, 0.2) is 0 Å². The highest BCUT2D eigenvalue weighted by atomic mass is 32.2. The van der Waals surface area contributed by atoms with Gasteiger partial charge in [-0.15, -0.1) is 11.8 Å². The number of benzene rings is 1. The Kier molecular flexibility index (Phi) is 4.57. The number of aliphatic hydroxyl groups excluding tert-OH is 1. The van der Waals surface area contributed by atoms with Crippen LogP contribution in [0.3, 0.4) is 0 Å². The second-order valence-corrected chi connectivity index (χ2v) is 5.48. The normalized spacial score (nSPS) is 14.8. The molecule has 0 radical (unpaired) electrons. The van der Waals surface area contributed by atoms with Gasteiger partial charge in [0.25, 0.3) is 0 Å². The van der Waals surface area contributed by atoms with Gasteiger partial charge < -0.3 is 15.7 Å². The maximum atomic E-state index is 8.76. The maximum Gasteiger partial charge on any atom is 0.0525 e. The Labute approximate surface area is 107 Å². The number of hydrogen-bond donors (Lipinski definition) is 2. The monoisotopic (exact) mass is 252 g/mol. The van der Waals surface area contributed by atoms with Gasteiger partial charge in [-0.25, -0.2) is 0 Å². The van der Waals surface area contributed by atoms with Crippen LogP contribution < -0.4 is 10.6 Å². The summed E-state index contributed by atoms with van der Waals surface area (Å²) in [5, 5.41) is 8.76. The first-order valence-electron chi connectivity index (χ1n) is 6.19. The summed E-state index contributed by atoms with van der Waals surface area (Å²) in [6, 6.07) is 6.17. The number of nitrogen functional groups attached to an aromatic ring is 1. The second kappa shape index (κ2) is 6.17. The zero-order valence-electron chi connectivity index (χ0n) is 10.1. The lowest BCUT2D eigenvalue weighted by Gasteiger charge is -2.31. The molecule has 94 valence electrons. The van der Waals surface area contributed by atoms with Crippen LogP contribution in [0.1, 0.15) is 19.3 Å². The minimum atomic E-state index is 0.305. The first-order valence-corrected chi connectivity index (χ1v) is 7.18. The van der Waals surface area contributed by atoms with Crippen LogP contribution in [0.5, 0.6) is 0 Å². The van der Waals surface area contributed by atoms with Crippen LogP contribution in [0.15, 0.2) is 23.1 Å². The van der Waals surface area contributed by atoms with E-state index in [1.165, 1.54) is 10.6 Å². The van der Waals surface area contributed by atoms with Crippen molar-refractivity contribution in [3.05, 3.63) is 18.2 Å². The predicted octanol–water partition coefficient (Wildman–Crippen LogP) is 2.34. The second-order valence-electron chi connectivity index (χ2n) is 4.35. The number of unbranched alkanes of at least 4 members (excludes halogenated alkanes) is 2. The molecule has 0 aliphatic carbocycles. The SMILES string of the molecule is Nc1ccc2c(c1)N(CCCCCO)CCS2. The fourth-order valence-corrected chi connectivity index (χ4v) is 3.15. The molecule has 0 saturated carbocycles. The summed E-state index contributed by atoms with van der Waals surface area (Å²) in [6.07, 6.45) is 3.14. The Hall–Kier alpha value is -0.870. The van der Waals surface area contributed by atoms with Crippen molar-refractivity contribution >= 4 is 23.1 Å². The molecule has 1 aliphatic rings. The van der Waals surface area contributed by atoms with Gasteiger partial charge in [-0.2, -0.15) is 0 Å². The third kappa shape index (κ3) is 3.30. The molecule has 3 N–H and O–H groups in total. The van der Waals surface area contributed by atoms with E-state index in [1.807, 2.05) is 17.8 Å². The van der Waals surface area contributed by atoms with Gasteiger partial charge >= 0.3 is 0 Å². The van der Waals surface area contributed by atoms with Crippen molar-refractivity contribution in [3.63, 3.8) is 0 Å². The number of nitrogens with two attached hydrogens (primary N) is 1. The van der Waals surface area contributed by atoms with Crippen molar-refractivity contribution in [1.29, 1.82) is 0 Å². The summed E-state index contributed by atoms with van der Waals surface area (Å²) in [4.78, 5) is 3.76. The smallest absolute Gasteiger partial charge is 0.0525 e. The minimum absolute atomic E-state index is 0.305. The van der Waals surface area contributed by atoms with Crippen molar-refractivity contribution in [3.8, 4) is 0 Å². The molecular weight excluding hydrogens is 232 g/mol. The van der Waals surface area contributed by atoms with Gasteiger partial charge in [0.05, 0.1) is 5.69 Å². The van der Waals surface area contributed by atoms with Crippen molar-refractivity contribution in [2.24, 2.45) is 0 Å². The van der Waals surface area contributed by atoms with Crippen LogP contribution in [-0.2, 0) is 0 Å². The van der Waals surface area contributed by atoms with Gasteiger partial charge in [0, 0.05) is 36.0 Å². The van der Waals surface area contributed by atoms with E-state index in [9.17, 15) is 0 Å². The molecule has 0 bridgehead atoms. The largest absolute Gasteiger partial charge is 0.399 e. The number of rotatable bonds is 5. The summed E-state index contributed by atoms with van der Waals surface area (Å²) in [5.74, 6) is 1.15. The molecule has 1 aromatic rings. The third-order valence-corrected chi connectivity index (χ3v) is 4.07. The van der Waals surface area contributed by atoms with E-state index in [-0.39, 0.29) is 0 Å². The fourth-order valence-electron chi connectivity index (χ4n) is 2.11. The molecule has 2 rings (SSSR count). The maximum absolute atomic E-state index is 8.76. The lowest BCUT2D eigenvalue weighted by molar-refractivity contribution is 0.283. The number of nitrogens with zero attached hydrogens (tertiary/aromatic N) is 1. The third-order valence-electron chi connectivity index (χ3n) is 3.03. The molecule has 0 spiro atoms. The Bertz CT molecular complexity index is 370. The predicted molar refractivity (Wildman–Crippen MR) is 74.7 cm³/mol. The zero-order chi connectivity index (χ0) is 12.1. The first kappa shape index (κ1) is 12.6. The van der Waals surface area contributed by atoms with Crippen LogP contribution >= 0.6 is 11.8 Å². The average molecular weight is 252 g/mol. The van der Waals surface area contributed by atoms with Crippen LogP contribution in [0, 0.1) is 0 Å². The highest BCUT2D eigenvalue weighted by Gasteiger charge is 2.16. The Morgan fingerprint density at radius 2 is 2.18 bits per heavy atom. The molecule has 1 aromatic carbocycles. The molecule has 1 heterocycles. The van der Waals surface area contributed by atoms with Crippen LogP contribution in [0.2, 0.25) is 0 Å². The van der Waals surface area contributed by atoms with Crippen LogP contribution in [-0.4, -0.2) is 30.6 Å². The molecule has 0 amide bonds. The van der Waals surface area contributed by atoms with Crippen LogP contribution in [0.4, 0.5) is 11.4 Å². The molecule has 0 aromatic heterocycles. The molecule has 0 fully saturated rings. The summed E-state index contributed by atoms with van der Waals surface area (Å²) in [7, 11) is 0. The standard InChI is InChI=1S/C13H20N2OS/c14-11-4-5-13-12(10-11)15(7-9-17-13)6-2-1-3-8-16/h4-5,10,16H,1-3,6-9,14H2. The molecule has 3 nitrogen and oxygen atoms in total. The summed E-state index contributed by atoms with van der Waals surface area (Å²) in [5.41, 5.74) is 7.97. The molecular formula is C13H20N2OS. The highest BCUT2D eigenvalue weighted by Crippen LogP contribution is 2.36. The van der Waals surface area contributed by atoms with Gasteiger partial charge in [-0.05, 0) is 37.5 Å². The molecule has 0 atom stereocenters. The van der Waals surface area contributed by atoms with E-state index >= 15 is 0 Å². The first-order chi connectivity index (χ1) is 8.31. The van der Waals surface area contributed by atoms with Gasteiger partial charge in [0.2, 0.25) is 0 Å². The highest BCUT2D eigenvalue weighted by molar-refractivity contribution is 7.99. The van der Waals surface area contributed by atoms with Gasteiger partial charge in [-0.1, -0.05) is 0 Å². The van der Waals surface area contributed by atoms with Crippen LogP contribution in [0.25, 0.3) is 0 Å². The summed E-state index contributed by atoms with van der Waals surface area (Å²) in [6.45, 7) is 2.47. The Morgan fingerprint density at radius 1 is 1.29 bits per heavy atom. The topological polar surface area (TPSA) is 49.5 Å². The number of thioether (sulfide) groups is 1.